The third-order valence-electron chi connectivity index (χ3n) is 2.32. The van der Waals surface area contributed by atoms with Crippen LogP contribution in [-0.2, 0) is 9.53 Å². The highest BCUT2D eigenvalue weighted by atomic mass is 16.5. The van der Waals surface area contributed by atoms with Gasteiger partial charge in [0.1, 0.15) is 5.75 Å². The van der Waals surface area contributed by atoms with Crippen molar-refractivity contribution in [2.75, 3.05) is 28.4 Å². The zero-order valence-electron chi connectivity index (χ0n) is 10.6. The lowest BCUT2D eigenvalue weighted by Gasteiger charge is -2.12. The number of methoxy groups -OCH3 is 4. The summed E-state index contributed by atoms with van der Waals surface area (Å²) in [7, 11) is 5.40. The molecule has 6 heteroatoms. The fourth-order valence-electron chi connectivity index (χ4n) is 1.41. The number of carbonyl (C=O) groups is 2. The summed E-state index contributed by atoms with van der Waals surface area (Å²) in [4.78, 5) is 23.0. The third-order valence-corrected chi connectivity index (χ3v) is 2.32. The van der Waals surface area contributed by atoms with E-state index in [0.29, 0.717) is 11.5 Å². The Hall–Kier alpha value is -2.24. The average Bonchev–Trinajstić information content (AvgIpc) is 2.43. The van der Waals surface area contributed by atoms with Gasteiger partial charge in [-0.15, -0.1) is 0 Å². The van der Waals surface area contributed by atoms with Crippen molar-refractivity contribution in [1.29, 1.82) is 0 Å². The minimum atomic E-state index is -0.972. The van der Waals surface area contributed by atoms with Crippen LogP contribution >= 0.6 is 0 Å². The van der Waals surface area contributed by atoms with Gasteiger partial charge >= 0.3 is 5.97 Å². The van der Waals surface area contributed by atoms with E-state index in [-0.39, 0.29) is 11.3 Å². The highest BCUT2D eigenvalue weighted by molar-refractivity contribution is 6.41. The van der Waals surface area contributed by atoms with Gasteiger partial charge in [0.2, 0.25) is 0 Å². The summed E-state index contributed by atoms with van der Waals surface area (Å²) in [6, 6.07) is 2.84. The van der Waals surface area contributed by atoms with Crippen LogP contribution in [0, 0.1) is 0 Å². The monoisotopic (exact) mass is 254 g/mol. The van der Waals surface area contributed by atoms with Crippen LogP contribution in [0.25, 0.3) is 0 Å². The first-order valence-corrected chi connectivity index (χ1v) is 5.01. The van der Waals surface area contributed by atoms with Crippen molar-refractivity contribution in [2.24, 2.45) is 0 Å². The number of esters is 1. The van der Waals surface area contributed by atoms with Crippen molar-refractivity contribution in [3.63, 3.8) is 0 Å². The van der Waals surface area contributed by atoms with Gasteiger partial charge in [-0.3, -0.25) is 4.79 Å². The molecule has 6 nitrogen and oxygen atoms in total. The first-order valence-electron chi connectivity index (χ1n) is 5.01. The van der Waals surface area contributed by atoms with Crippen molar-refractivity contribution in [1.82, 2.24) is 0 Å². The molecule has 0 bridgehead atoms. The molecule has 1 rings (SSSR count). The Labute approximate surface area is 104 Å². The van der Waals surface area contributed by atoms with E-state index in [1.54, 1.807) is 0 Å². The third kappa shape index (κ3) is 2.53. The molecule has 0 radical (unpaired) electrons. The van der Waals surface area contributed by atoms with Gasteiger partial charge < -0.3 is 18.9 Å². The topological polar surface area (TPSA) is 71.1 Å². The standard InChI is InChI=1S/C12H14O6/c1-15-8-6-10(17-3)9(16-2)5-7(8)11(13)12(14)18-4/h5-6H,1-4H3. The van der Waals surface area contributed by atoms with Gasteiger partial charge in [0.15, 0.2) is 11.5 Å². The molecule has 0 spiro atoms. The fourth-order valence-corrected chi connectivity index (χ4v) is 1.41. The summed E-state index contributed by atoms with van der Waals surface area (Å²) < 4.78 is 19.5. The Morgan fingerprint density at radius 1 is 0.833 bits per heavy atom. The van der Waals surface area contributed by atoms with Crippen LogP contribution in [0.1, 0.15) is 10.4 Å². The van der Waals surface area contributed by atoms with Gasteiger partial charge in [-0.05, 0) is 6.07 Å². The van der Waals surface area contributed by atoms with Gasteiger partial charge in [-0.1, -0.05) is 0 Å². The van der Waals surface area contributed by atoms with Crippen LogP contribution in [0.5, 0.6) is 17.2 Å². The first kappa shape index (κ1) is 13.8. The smallest absolute Gasteiger partial charge is 0.379 e. The molecule has 0 N–H and O–H groups in total. The van der Waals surface area contributed by atoms with Crippen LogP contribution in [0.4, 0.5) is 0 Å². The van der Waals surface area contributed by atoms with Crippen LogP contribution in [0.2, 0.25) is 0 Å². The Kier molecular flexibility index (Phi) is 4.53. The van der Waals surface area contributed by atoms with Gasteiger partial charge in [-0.25, -0.2) is 4.79 Å². The molecule has 98 valence electrons. The number of Topliss-reactive ketones (excluding diaryl/α,β-unsaturated/α-hetero) is 1. The zero-order valence-corrected chi connectivity index (χ0v) is 10.6. The lowest BCUT2D eigenvalue weighted by molar-refractivity contribution is -0.135. The summed E-state index contributed by atoms with van der Waals surface area (Å²) in [6.07, 6.45) is 0. The van der Waals surface area contributed by atoms with Crippen LogP contribution < -0.4 is 14.2 Å². The fraction of sp³-hybridized carbons (Fsp3) is 0.333. The van der Waals surface area contributed by atoms with E-state index in [4.69, 9.17) is 14.2 Å². The summed E-state index contributed by atoms with van der Waals surface area (Å²) in [5, 5.41) is 0. The Balaban J connectivity index is 3.34. The molecule has 0 amide bonds. The second kappa shape index (κ2) is 5.90. The van der Waals surface area contributed by atoms with E-state index < -0.39 is 11.8 Å². The maximum atomic E-state index is 11.8. The summed E-state index contributed by atoms with van der Waals surface area (Å²) >= 11 is 0. The molecule has 0 aliphatic rings. The number of ketones is 1. The molecule has 1 aromatic rings. The lowest BCUT2D eigenvalue weighted by Crippen LogP contribution is -2.16. The van der Waals surface area contributed by atoms with E-state index in [0.717, 1.165) is 7.11 Å². The minimum Gasteiger partial charge on any atom is -0.496 e. The maximum absolute atomic E-state index is 11.8. The summed E-state index contributed by atoms with van der Waals surface area (Å²) in [6.45, 7) is 0. The van der Waals surface area contributed by atoms with Crippen molar-refractivity contribution in [3.05, 3.63) is 17.7 Å². The zero-order chi connectivity index (χ0) is 13.7. The van der Waals surface area contributed by atoms with Gasteiger partial charge in [-0.2, -0.15) is 0 Å². The SMILES string of the molecule is COC(=O)C(=O)c1cc(OC)c(OC)cc1OC. The van der Waals surface area contributed by atoms with Crippen LogP contribution in [0.15, 0.2) is 12.1 Å². The van der Waals surface area contributed by atoms with E-state index in [9.17, 15) is 9.59 Å². The molecule has 0 aromatic heterocycles. The minimum absolute atomic E-state index is 0.0574. The second-order valence-corrected chi connectivity index (χ2v) is 3.23. The molecule has 0 atom stereocenters. The largest absolute Gasteiger partial charge is 0.496 e. The van der Waals surface area contributed by atoms with Gasteiger partial charge in [0.05, 0.1) is 34.0 Å². The summed E-state index contributed by atoms with van der Waals surface area (Å²) in [5.41, 5.74) is 0.0574. The average molecular weight is 254 g/mol. The molecule has 0 heterocycles. The van der Waals surface area contributed by atoms with Gasteiger partial charge in [0.25, 0.3) is 5.78 Å². The molecular formula is C12H14O6. The number of hydrogen-bond donors (Lipinski definition) is 0. The quantitative estimate of drug-likeness (QED) is 0.444. The second-order valence-electron chi connectivity index (χ2n) is 3.23. The molecule has 0 unspecified atom stereocenters. The first-order chi connectivity index (χ1) is 8.58. The van der Waals surface area contributed by atoms with Crippen LogP contribution in [-0.4, -0.2) is 40.2 Å². The molecular weight excluding hydrogens is 240 g/mol. The Bertz CT molecular complexity index is 466. The van der Waals surface area contributed by atoms with E-state index >= 15 is 0 Å². The predicted molar refractivity (Wildman–Crippen MR) is 62.4 cm³/mol. The predicted octanol–water partition coefficient (Wildman–Crippen LogP) is 1.07. The van der Waals surface area contributed by atoms with Crippen molar-refractivity contribution >= 4 is 11.8 Å². The van der Waals surface area contributed by atoms with Crippen LogP contribution in [0.3, 0.4) is 0 Å². The van der Waals surface area contributed by atoms with E-state index in [1.807, 2.05) is 0 Å². The van der Waals surface area contributed by atoms with E-state index in [1.165, 1.54) is 33.5 Å². The molecule has 18 heavy (non-hydrogen) atoms. The molecule has 1 aromatic carbocycles. The molecule has 0 fully saturated rings. The normalized spacial score (nSPS) is 9.56. The number of benzene rings is 1. The Morgan fingerprint density at radius 3 is 1.78 bits per heavy atom. The Morgan fingerprint density at radius 2 is 1.33 bits per heavy atom. The molecule has 0 aliphatic heterocycles. The molecule has 0 saturated carbocycles. The molecule has 0 aliphatic carbocycles. The van der Waals surface area contributed by atoms with Crippen molar-refractivity contribution < 1.29 is 28.5 Å². The van der Waals surface area contributed by atoms with E-state index in [2.05, 4.69) is 4.74 Å². The van der Waals surface area contributed by atoms with Crippen molar-refractivity contribution in [3.8, 4) is 17.2 Å². The highest BCUT2D eigenvalue weighted by Gasteiger charge is 2.23. The lowest BCUT2D eigenvalue weighted by atomic mass is 10.1. The number of carbonyl (C=O) groups excluding carboxylic acids is 2. The summed E-state index contributed by atoms with van der Waals surface area (Å²) in [5.74, 6) is -0.847. The molecule has 0 saturated heterocycles. The maximum Gasteiger partial charge on any atom is 0.379 e. The van der Waals surface area contributed by atoms with Crippen molar-refractivity contribution in [2.45, 2.75) is 0 Å². The van der Waals surface area contributed by atoms with Gasteiger partial charge in [0, 0.05) is 6.07 Å². The number of hydrogen-bond acceptors (Lipinski definition) is 6. The number of ether oxygens (including phenoxy) is 4. The highest BCUT2D eigenvalue weighted by Crippen LogP contribution is 2.34. The number of rotatable bonds is 5.